The van der Waals surface area contributed by atoms with Gasteiger partial charge in [-0.3, -0.25) is 4.90 Å². The molecular weight excluding hydrogens is 208 g/mol. The Kier molecular flexibility index (Phi) is 3.72. The molecule has 1 N–H and O–H groups in total. The molecule has 0 aromatic heterocycles. The molecule has 2 nitrogen and oxygen atoms in total. The first kappa shape index (κ1) is 12.0. The lowest BCUT2D eigenvalue weighted by Crippen LogP contribution is -2.46. The zero-order valence-electron chi connectivity index (χ0n) is 11.3. The maximum absolute atomic E-state index is 3.73. The Morgan fingerprint density at radius 2 is 1.94 bits per heavy atom. The largest absolute Gasteiger partial charge is 0.313 e. The summed E-state index contributed by atoms with van der Waals surface area (Å²) >= 11 is 0. The van der Waals surface area contributed by atoms with Crippen molar-refractivity contribution in [2.24, 2.45) is 11.8 Å². The van der Waals surface area contributed by atoms with Crippen LogP contribution < -0.4 is 5.32 Å². The van der Waals surface area contributed by atoms with E-state index in [0.29, 0.717) is 0 Å². The minimum Gasteiger partial charge on any atom is -0.313 e. The van der Waals surface area contributed by atoms with E-state index in [-0.39, 0.29) is 0 Å². The summed E-state index contributed by atoms with van der Waals surface area (Å²) in [6.45, 7) is 6.23. The molecule has 3 atom stereocenters. The summed E-state index contributed by atoms with van der Waals surface area (Å²) < 4.78 is 0. The van der Waals surface area contributed by atoms with Crippen LogP contribution >= 0.6 is 0 Å². The van der Waals surface area contributed by atoms with Crippen molar-refractivity contribution in [2.75, 3.05) is 19.6 Å². The van der Waals surface area contributed by atoms with E-state index in [1.165, 1.54) is 64.6 Å². The number of rotatable bonds is 5. The summed E-state index contributed by atoms with van der Waals surface area (Å²) in [4.78, 5) is 2.79. The van der Waals surface area contributed by atoms with E-state index in [1.54, 1.807) is 0 Å². The summed E-state index contributed by atoms with van der Waals surface area (Å²) in [6.07, 6.45) is 10.3. The van der Waals surface area contributed by atoms with Crippen LogP contribution in [0.5, 0.6) is 0 Å². The standard InChI is InChI=1S/C15H28N2/c1-12(13-7-8-13)16-9-11-17-10-3-5-14-4-2-6-15(14)17/h12-16H,2-11H2,1H3. The fraction of sp³-hybridized carbons (Fsp3) is 1.00. The van der Waals surface area contributed by atoms with Gasteiger partial charge in [0, 0.05) is 25.2 Å². The molecule has 0 amide bonds. The molecule has 0 radical (unpaired) electrons. The Balaban J connectivity index is 1.41. The van der Waals surface area contributed by atoms with Crippen molar-refractivity contribution in [2.45, 2.75) is 64.0 Å². The van der Waals surface area contributed by atoms with E-state index in [4.69, 9.17) is 0 Å². The van der Waals surface area contributed by atoms with Gasteiger partial charge in [-0.25, -0.2) is 0 Å². The van der Waals surface area contributed by atoms with Gasteiger partial charge in [-0.15, -0.1) is 0 Å². The average Bonchev–Trinajstić information content (AvgIpc) is 3.07. The molecule has 2 heteroatoms. The Morgan fingerprint density at radius 3 is 2.76 bits per heavy atom. The Bertz CT molecular complexity index is 249. The normalized spacial score (nSPS) is 35.8. The molecule has 0 bridgehead atoms. The van der Waals surface area contributed by atoms with Crippen LogP contribution in [-0.4, -0.2) is 36.6 Å². The molecule has 17 heavy (non-hydrogen) atoms. The minimum absolute atomic E-state index is 0.763. The van der Waals surface area contributed by atoms with Crippen LogP contribution in [0.15, 0.2) is 0 Å². The lowest BCUT2D eigenvalue weighted by molar-refractivity contribution is 0.113. The van der Waals surface area contributed by atoms with Crippen molar-refractivity contribution < 1.29 is 0 Å². The van der Waals surface area contributed by atoms with E-state index < -0.39 is 0 Å². The highest BCUT2D eigenvalue weighted by molar-refractivity contribution is 4.89. The fourth-order valence-electron chi connectivity index (χ4n) is 4.03. The lowest BCUT2D eigenvalue weighted by Gasteiger charge is -2.38. The molecule has 2 saturated carbocycles. The van der Waals surface area contributed by atoms with Gasteiger partial charge in [0.1, 0.15) is 0 Å². The monoisotopic (exact) mass is 236 g/mol. The molecule has 0 aromatic carbocycles. The summed E-state index contributed by atoms with van der Waals surface area (Å²) in [5.41, 5.74) is 0. The second kappa shape index (κ2) is 5.27. The summed E-state index contributed by atoms with van der Waals surface area (Å²) in [5, 5.41) is 3.73. The average molecular weight is 236 g/mol. The van der Waals surface area contributed by atoms with E-state index in [1.807, 2.05) is 0 Å². The third kappa shape index (κ3) is 2.85. The first-order valence-electron chi connectivity index (χ1n) is 7.82. The van der Waals surface area contributed by atoms with Gasteiger partial charge in [-0.2, -0.15) is 0 Å². The van der Waals surface area contributed by atoms with Gasteiger partial charge < -0.3 is 5.32 Å². The Morgan fingerprint density at radius 1 is 1.12 bits per heavy atom. The van der Waals surface area contributed by atoms with Gasteiger partial charge >= 0.3 is 0 Å². The maximum atomic E-state index is 3.73. The molecule has 98 valence electrons. The van der Waals surface area contributed by atoms with E-state index in [0.717, 1.165) is 23.9 Å². The first-order chi connectivity index (χ1) is 8.34. The number of likely N-dealkylation sites (tertiary alicyclic amines) is 1. The summed E-state index contributed by atoms with van der Waals surface area (Å²) in [6, 6.07) is 1.71. The number of hydrogen-bond donors (Lipinski definition) is 1. The zero-order valence-corrected chi connectivity index (χ0v) is 11.3. The Labute approximate surface area is 106 Å². The smallest absolute Gasteiger partial charge is 0.0124 e. The highest BCUT2D eigenvalue weighted by Gasteiger charge is 2.34. The number of fused-ring (bicyclic) bond motifs is 1. The van der Waals surface area contributed by atoms with Crippen LogP contribution in [0.3, 0.4) is 0 Å². The van der Waals surface area contributed by atoms with E-state index in [2.05, 4.69) is 17.1 Å². The SMILES string of the molecule is CC(NCCN1CCCC2CCCC21)C1CC1. The highest BCUT2D eigenvalue weighted by Crippen LogP contribution is 2.36. The van der Waals surface area contributed by atoms with Gasteiger partial charge in [0.05, 0.1) is 0 Å². The first-order valence-corrected chi connectivity index (χ1v) is 7.82. The van der Waals surface area contributed by atoms with Crippen LogP contribution in [-0.2, 0) is 0 Å². The Hall–Kier alpha value is -0.0800. The molecule has 1 saturated heterocycles. The van der Waals surface area contributed by atoms with Crippen molar-refractivity contribution in [1.29, 1.82) is 0 Å². The van der Waals surface area contributed by atoms with Crippen molar-refractivity contribution in [1.82, 2.24) is 10.2 Å². The molecule has 0 aromatic rings. The van der Waals surface area contributed by atoms with Gasteiger partial charge in [0.2, 0.25) is 0 Å². The second-order valence-electron chi connectivity index (χ2n) is 6.52. The molecule has 3 fully saturated rings. The third-order valence-corrected chi connectivity index (χ3v) is 5.30. The van der Waals surface area contributed by atoms with Crippen LogP contribution in [0.1, 0.15) is 51.9 Å². The van der Waals surface area contributed by atoms with E-state index >= 15 is 0 Å². The van der Waals surface area contributed by atoms with Gasteiger partial charge in [-0.05, 0) is 63.8 Å². The van der Waals surface area contributed by atoms with Gasteiger partial charge in [0.15, 0.2) is 0 Å². The predicted molar refractivity (Wildman–Crippen MR) is 72.1 cm³/mol. The second-order valence-corrected chi connectivity index (χ2v) is 6.52. The third-order valence-electron chi connectivity index (χ3n) is 5.30. The molecule has 0 spiro atoms. The molecule has 1 heterocycles. The van der Waals surface area contributed by atoms with Crippen molar-refractivity contribution >= 4 is 0 Å². The highest BCUT2D eigenvalue weighted by atomic mass is 15.2. The fourth-order valence-corrected chi connectivity index (χ4v) is 4.03. The lowest BCUT2D eigenvalue weighted by atomic mass is 9.92. The molecular formula is C15H28N2. The number of piperidine rings is 1. The topological polar surface area (TPSA) is 15.3 Å². The van der Waals surface area contributed by atoms with Crippen LogP contribution in [0.4, 0.5) is 0 Å². The molecule has 3 aliphatic rings. The molecule has 3 unspecified atom stereocenters. The van der Waals surface area contributed by atoms with Gasteiger partial charge in [0.25, 0.3) is 0 Å². The van der Waals surface area contributed by atoms with Crippen LogP contribution in [0.2, 0.25) is 0 Å². The van der Waals surface area contributed by atoms with Crippen molar-refractivity contribution in [3.05, 3.63) is 0 Å². The number of nitrogens with zero attached hydrogens (tertiary/aromatic N) is 1. The molecule has 1 aliphatic heterocycles. The maximum Gasteiger partial charge on any atom is 0.0124 e. The predicted octanol–water partition coefficient (Wildman–Crippen LogP) is 2.64. The van der Waals surface area contributed by atoms with Crippen molar-refractivity contribution in [3.8, 4) is 0 Å². The summed E-state index contributed by atoms with van der Waals surface area (Å²) in [5.74, 6) is 2.04. The quantitative estimate of drug-likeness (QED) is 0.789. The summed E-state index contributed by atoms with van der Waals surface area (Å²) in [7, 11) is 0. The zero-order chi connectivity index (χ0) is 11.7. The van der Waals surface area contributed by atoms with Crippen LogP contribution in [0, 0.1) is 11.8 Å². The molecule has 2 aliphatic carbocycles. The molecule has 3 rings (SSSR count). The van der Waals surface area contributed by atoms with E-state index in [9.17, 15) is 0 Å². The number of nitrogens with one attached hydrogen (secondary N) is 1. The number of hydrogen-bond acceptors (Lipinski definition) is 2. The van der Waals surface area contributed by atoms with Gasteiger partial charge in [-0.1, -0.05) is 6.42 Å². The minimum atomic E-state index is 0.763. The van der Waals surface area contributed by atoms with Crippen LogP contribution in [0.25, 0.3) is 0 Å². The van der Waals surface area contributed by atoms with Crippen molar-refractivity contribution in [3.63, 3.8) is 0 Å².